The maximum atomic E-state index is 11.9. The molecular weight excluding hydrogens is 246 g/mol. The number of esters is 2. The Kier molecular flexibility index (Phi) is 5.55. The van der Waals surface area contributed by atoms with Gasteiger partial charge in [-0.15, -0.1) is 0 Å². The van der Waals surface area contributed by atoms with E-state index in [0.29, 0.717) is 5.56 Å². The van der Waals surface area contributed by atoms with Gasteiger partial charge in [0, 0.05) is 0 Å². The number of carbonyl (C=O) groups excluding carboxylic acids is 2. The Morgan fingerprint density at radius 3 is 2.16 bits per heavy atom. The molecule has 0 amide bonds. The first-order chi connectivity index (χ1) is 9.15. The monoisotopic (exact) mass is 261 g/mol. The van der Waals surface area contributed by atoms with Crippen LogP contribution in [0.1, 0.15) is 30.9 Å². The molecule has 0 fully saturated rings. The number of hydrogen-bond donors (Lipinski definition) is 0. The van der Waals surface area contributed by atoms with Gasteiger partial charge in [0.05, 0.1) is 24.8 Å². The van der Waals surface area contributed by atoms with Crippen molar-refractivity contribution < 1.29 is 19.1 Å². The number of rotatable bonds is 5. The van der Waals surface area contributed by atoms with Gasteiger partial charge in [-0.05, 0) is 25.5 Å². The maximum absolute atomic E-state index is 11.9. The van der Waals surface area contributed by atoms with E-state index in [4.69, 9.17) is 14.7 Å². The van der Waals surface area contributed by atoms with Gasteiger partial charge in [-0.1, -0.05) is 18.2 Å². The van der Waals surface area contributed by atoms with Crippen molar-refractivity contribution in [2.45, 2.75) is 19.8 Å². The first-order valence-electron chi connectivity index (χ1n) is 5.98. The maximum Gasteiger partial charge on any atom is 0.324 e. The predicted molar refractivity (Wildman–Crippen MR) is 67.2 cm³/mol. The van der Waals surface area contributed by atoms with Crippen LogP contribution in [0.2, 0.25) is 0 Å². The Morgan fingerprint density at radius 2 is 1.68 bits per heavy atom. The third kappa shape index (κ3) is 3.55. The summed E-state index contributed by atoms with van der Waals surface area (Å²) in [5.41, 5.74) is 0.565. The van der Waals surface area contributed by atoms with E-state index >= 15 is 0 Å². The van der Waals surface area contributed by atoms with Crippen molar-refractivity contribution in [2.24, 2.45) is 0 Å². The molecule has 0 aromatic heterocycles. The van der Waals surface area contributed by atoms with Crippen LogP contribution in [0.4, 0.5) is 0 Å². The second-order valence-electron chi connectivity index (χ2n) is 3.64. The van der Waals surface area contributed by atoms with Crippen molar-refractivity contribution in [2.75, 3.05) is 13.2 Å². The second kappa shape index (κ2) is 7.17. The fourth-order valence-electron chi connectivity index (χ4n) is 1.65. The largest absolute Gasteiger partial charge is 0.465 e. The van der Waals surface area contributed by atoms with E-state index in [2.05, 4.69) is 0 Å². The quantitative estimate of drug-likeness (QED) is 0.596. The van der Waals surface area contributed by atoms with Crippen molar-refractivity contribution in [3.05, 3.63) is 35.4 Å². The Bertz CT molecular complexity index is 486. The number of carbonyl (C=O) groups is 2. The molecule has 1 aromatic carbocycles. The summed E-state index contributed by atoms with van der Waals surface area (Å²) >= 11 is 0. The lowest BCUT2D eigenvalue weighted by atomic mass is 9.94. The molecule has 0 aliphatic rings. The van der Waals surface area contributed by atoms with Crippen molar-refractivity contribution >= 4 is 11.9 Å². The Morgan fingerprint density at radius 1 is 1.16 bits per heavy atom. The fraction of sp³-hybridized carbons (Fsp3) is 0.357. The summed E-state index contributed by atoms with van der Waals surface area (Å²) in [6.07, 6.45) is 0. The topological polar surface area (TPSA) is 76.4 Å². The molecule has 5 heteroatoms. The molecule has 0 saturated carbocycles. The van der Waals surface area contributed by atoms with Crippen LogP contribution in [0, 0.1) is 11.3 Å². The zero-order valence-corrected chi connectivity index (χ0v) is 10.9. The second-order valence-corrected chi connectivity index (χ2v) is 3.64. The van der Waals surface area contributed by atoms with Crippen LogP contribution in [0.3, 0.4) is 0 Å². The summed E-state index contributed by atoms with van der Waals surface area (Å²) in [7, 11) is 0. The van der Waals surface area contributed by atoms with Gasteiger partial charge in [0.15, 0.2) is 5.92 Å². The molecule has 5 nitrogen and oxygen atoms in total. The summed E-state index contributed by atoms with van der Waals surface area (Å²) in [5, 5.41) is 9.04. The van der Waals surface area contributed by atoms with E-state index < -0.39 is 17.9 Å². The van der Waals surface area contributed by atoms with E-state index in [-0.39, 0.29) is 18.8 Å². The zero-order chi connectivity index (χ0) is 14.3. The van der Waals surface area contributed by atoms with Gasteiger partial charge < -0.3 is 9.47 Å². The SMILES string of the molecule is CCOC(=O)C(C(=O)OCC)c1ccccc1C#N. The van der Waals surface area contributed by atoms with Crippen molar-refractivity contribution in [3.8, 4) is 6.07 Å². The summed E-state index contributed by atoms with van der Waals surface area (Å²) in [5.74, 6) is -2.62. The van der Waals surface area contributed by atoms with Crippen molar-refractivity contribution in [1.82, 2.24) is 0 Å². The van der Waals surface area contributed by atoms with Crippen LogP contribution in [0.5, 0.6) is 0 Å². The molecular formula is C14H15NO4. The van der Waals surface area contributed by atoms with Gasteiger partial charge in [-0.25, -0.2) is 0 Å². The molecule has 19 heavy (non-hydrogen) atoms. The minimum Gasteiger partial charge on any atom is -0.465 e. The molecule has 0 spiro atoms. The first-order valence-corrected chi connectivity index (χ1v) is 5.98. The molecule has 0 aliphatic heterocycles. The van der Waals surface area contributed by atoms with Crippen molar-refractivity contribution in [3.63, 3.8) is 0 Å². The lowest BCUT2D eigenvalue weighted by Crippen LogP contribution is -2.26. The minimum atomic E-state index is -1.21. The molecule has 1 aromatic rings. The van der Waals surface area contributed by atoms with E-state index in [9.17, 15) is 9.59 Å². The Hall–Kier alpha value is -2.35. The van der Waals surface area contributed by atoms with Crippen LogP contribution in [0.25, 0.3) is 0 Å². The van der Waals surface area contributed by atoms with E-state index in [1.54, 1.807) is 38.1 Å². The summed E-state index contributed by atoms with van der Waals surface area (Å²) < 4.78 is 9.75. The van der Waals surface area contributed by atoms with Gasteiger partial charge in [0.1, 0.15) is 0 Å². The molecule has 0 heterocycles. The van der Waals surface area contributed by atoms with Gasteiger partial charge >= 0.3 is 11.9 Å². The molecule has 0 radical (unpaired) electrons. The highest BCUT2D eigenvalue weighted by Gasteiger charge is 2.33. The first kappa shape index (κ1) is 14.7. The average Bonchev–Trinajstić information content (AvgIpc) is 2.40. The van der Waals surface area contributed by atoms with Crippen LogP contribution < -0.4 is 0 Å². The summed E-state index contributed by atoms with van der Waals surface area (Å²) in [6.45, 7) is 3.61. The van der Waals surface area contributed by atoms with Gasteiger partial charge in [-0.2, -0.15) is 5.26 Å². The fourth-order valence-corrected chi connectivity index (χ4v) is 1.65. The molecule has 0 N–H and O–H groups in total. The molecule has 0 saturated heterocycles. The highest BCUT2D eigenvalue weighted by Crippen LogP contribution is 2.23. The number of ether oxygens (including phenoxy) is 2. The zero-order valence-electron chi connectivity index (χ0n) is 10.9. The highest BCUT2D eigenvalue weighted by molar-refractivity contribution is 6.01. The van der Waals surface area contributed by atoms with E-state index in [1.165, 1.54) is 0 Å². The van der Waals surface area contributed by atoms with Crippen molar-refractivity contribution in [1.29, 1.82) is 5.26 Å². The van der Waals surface area contributed by atoms with Crippen LogP contribution in [-0.2, 0) is 19.1 Å². The third-order valence-corrected chi connectivity index (χ3v) is 2.44. The lowest BCUT2D eigenvalue weighted by Gasteiger charge is -2.15. The van der Waals surface area contributed by atoms with Gasteiger partial charge in [-0.3, -0.25) is 9.59 Å². The molecule has 0 unspecified atom stereocenters. The smallest absolute Gasteiger partial charge is 0.324 e. The molecule has 0 aliphatic carbocycles. The van der Waals surface area contributed by atoms with Gasteiger partial charge in [0.2, 0.25) is 0 Å². The Balaban J connectivity index is 3.19. The summed E-state index contributed by atoms with van der Waals surface area (Å²) in [4.78, 5) is 23.8. The standard InChI is InChI=1S/C14H15NO4/c1-3-18-13(16)12(14(17)19-4-2)11-8-6-5-7-10(11)9-15/h5-8,12H,3-4H2,1-2H3. The summed E-state index contributed by atoms with van der Waals surface area (Å²) in [6, 6.07) is 8.37. The molecule has 1 rings (SSSR count). The molecule has 0 atom stereocenters. The number of benzene rings is 1. The van der Waals surface area contributed by atoms with E-state index in [0.717, 1.165) is 0 Å². The normalized spacial score (nSPS) is 9.79. The third-order valence-electron chi connectivity index (χ3n) is 2.44. The van der Waals surface area contributed by atoms with Crippen LogP contribution in [0.15, 0.2) is 24.3 Å². The minimum absolute atomic E-state index is 0.156. The van der Waals surface area contributed by atoms with Crippen LogP contribution >= 0.6 is 0 Å². The Labute approximate surface area is 111 Å². The highest BCUT2D eigenvalue weighted by atomic mass is 16.6. The van der Waals surface area contributed by atoms with Gasteiger partial charge in [0.25, 0.3) is 0 Å². The molecule has 100 valence electrons. The van der Waals surface area contributed by atoms with E-state index in [1.807, 2.05) is 6.07 Å². The number of nitriles is 1. The number of nitrogens with zero attached hydrogens (tertiary/aromatic N) is 1. The van der Waals surface area contributed by atoms with Crippen LogP contribution in [-0.4, -0.2) is 25.2 Å². The average molecular weight is 261 g/mol. The molecule has 0 bridgehead atoms. The number of hydrogen-bond acceptors (Lipinski definition) is 5. The lowest BCUT2D eigenvalue weighted by molar-refractivity contribution is -0.156. The predicted octanol–water partition coefficient (Wildman–Crippen LogP) is 1.77.